The minimum Gasteiger partial charge on any atom is -0.485 e. The Hall–Kier alpha value is -3.06. The highest BCUT2D eigenvalue weighted by molar-refractivity contribution is 7.99. The molecule has 31 heavy (non-hydrogen) atoms. The van der Waals surface area contributed by atoms with E-state index < -0.39 is 0 Å². The number of thioether (sulfide) groups is 1. The predicted octanol–water partition coefficient (Wildman–Crippen LogP) is 4.67. The van der Waals surface area contributed by atoms with Gasteiger partial charge in [-0.05, 0) is 44.5 Å². The van der Waals surface area contributed by atoms with Crippen LogP contribution in [0, 0.1) is 6.92 Å². The van der Waals surface area contributed by atoms with E-state index in [1.807, 2.05) is 79.9 Å². The monoisotopic (exact) mass is 436 g/mol. The van der Waals surface area contributed by atoms with E-state index in [1.165, 1.54) is 11.8 Å². The third-order valence-corrected chi connectivity index (χ3v) is 5.60. The summed E-state index contributed by atoms with van der Waals surface area (Å²) in [7, 11) is 0. The minimum absolute atomic E-state index is 0.0517. The molecule has 0 saturated carbocycles. The largest absolute Gasteiger partial charge is 0.485 e. The van der Waals surface area contributed by atoms with Crippen LogP contribution in [0.3, 0.4) is 0 Å². The second-order valence-corrected chi connectivity index (χ2v) is 8.22. The van der Waals surface area contributed by atoms with Gasteiger partial charge in [0.05, 0.1) is 5.75 Å². The van der Waals surface area contributed by atoms with E-state index >= 15 is 0 Å². The van der Waals surface area contributed by atoms with Crippen molar-refractivity contribution in [2.75, 3.05) is 18.8 Å². The average molecular weight is 437 g/mol. The topological polar surface area (TPSA) is 60.3 Å². The van der Waals surface area contributed by atoms with Gasteiger partial charge in [-0.15, -0.1) is 10.2 Å². The standard InChI is InChI=1S/C24H28N4O2S/c1-5-27(15-18(2)3)23(29)17-31-24-26-25-22(28(24)20-12-7-6-8-13-20)16-30-21-14-10-9-11-19(21)4/h6-14H,2,5,15-17H2,1,3-4H3. The first-order chi connectivity index (χ1) is 15.0. The number of para-hydroxylation sites is 2. The van der Waals surface area contributed by atoms with E-state index in [0.717, 1.165) is 22.6 Å². The molecule has 3 aromatic rings. The van der Waals surface area contributed by atoms with Crippen LogP contribution in [0.25, 0.3) is 5.69 Å². The lowest BCUT2D eigenvalue weighted by Gasteiger charge is -2.20. The molecule has 0 bridgehead atoms. The van der Waals surface area contributed by atoms with Gasteiger partial charge in [-0.2, -0.15) is 0 Å². The van der Waals surface area contributed by atoms with Crippen molar-refractivity contribution < 1.29 is 9.53 Å². The van der Waals surface area contributed by atoms with Crippen molar-refractivity contribution in [3.63, 3.8) is 0 Å². The van der Waals surface area contributed by atoms with E-state index in [4.69, 9.17) is 4.74 Å². The van der Waals surface area contributed by atoms with Crippen molar-refractivity contribution >= 4 is 17.7 Å². The number of hydrogen-bond acceptors (Lipinski definition) is 5. The zero-order chi connectivity index (χ0) is 22.2. The minimum atomic E-state index is 0.0517. The number of carbonyl (C=O) groups is 1. The fraction of sp³-hybridized carbons (Fsp3) is 0.292. The number of likely N-dealkylation sites (N-methyl/N-ethyl adjacent to an activating group) is 1. The zero-order valence-electron chi connectivity index (χ0n) is 18.2. The van der Waals surface area contributed by atoms with Crippen molar-refractivity contribution in [2.45, 2.75) is 32.5 Å². The molecule has 6 nitrogen and oxygen atoms in total. The summed E-state index contributed by atoms with van der Waals surface area (Å²) in [6.45, 7) is 11.3. The fourth-order valence-corrected chi connectivity index (χ4v) is 3.98. The number of hydrogen-bond donors (Lipinski definition) is 0. The van der Waals surface area contributed by atoms with Crippen molar-refractivity contribution in [1.29, 1.82) is 0 Å². The molecule has 2 aromatic carbocycles. The highest BCUT2D eigenvalue weighted by Crippen LogP contribution is 2.24. The maximum absolute atomic E-state index is 12.7. The maximum Gasteiger partial charge on any atom is 0.233 e. The molecule has 0 spiro atoms. The molecule has 0 radical (unpaired) electrons. The molecule has 3 rings (SSSR count). The van der Waals surface area contributed by atoms with Crippen LogP contribution in [-0.2, 0) is 11.4 Å². The number of carbonyl (C=O) groups excluding carboxylic acids is 1. The summed E-state index contributed by atoms with van der Waals surface area (Å²) in [5.41, 5.74) is 2.95. The molecule has 1 amide bonds. The summed E-state index contributed by atoms with van der Waals surface area (Å²) in [5, 5.41) is 9.37. The summed E-state index contributed by atoms with van der Waals surface area (Å²) in [4.78, 5) is 14.5. The Morgan fingerprint density at radius 1 is 1.13 bits per heavy atom. The van der Waals surface area contributed by atoms with E-state index in [2.05, 4.69) is 16.8 Å². The Bertz CT molecular complexity index is 1030. The highest BCUT2D eigenvalue weighted by Gasteiger charge is 2.18. The van der Waals surface area contributed by atoms with E-state index in [9.17, 15) is 4.79 Å². The Balaban J connectivity index is 1.80. The van der Waals surface area contributed by atoms with Gasteiger partial charge < -0.3 is 9.64 Å². The van der Waals surface area contributed by atoms with E-state index in [-0.39, 0.29) is 18.3 Å². The van der Waals surface area contributed by atoms with Crippen LogP contribution in [0.5, 0.6) is 5.75 Å². The number of aromatic nitrogens is 3. The molecule has 0 saturated heterocycles. The number of nitrogens with zero attached hydrogens (tertiary/aromatic N) is 4. The molecular formula is C24H28N4O2S. The molecule has 1 aromatic heterocycles. The molecule has 0 fully saturated rings. The Morgan fingerprint density at radius 3 is 2.52 bits per heavy atom. The van der Waals surface area contributed by atoms with Crippen LogP contribution in [0.4, 0.5) is 0 Å². The lowest BCUT2D eigenvalue weighted by molar-refractivity contribution is -0.127. The summed E-state index contributed by atoms with van der Waals surface area (Å²) in [5.74, 6) is 1.83. The maximum atomic E-state index is 12.7. The molecule has 0 aliphatic carbocycles. The lowest BCUT2D eigenvalue weighted by Crippen LogP contribution is -2.33. The van der Waals surface area contributed by atoms with E-state index in [1.54, 1.807) is 4.90 Å². The predicted molar refractivity (Wildman–Crippen MR) is 125 cm³/mol. The summed E-state index contributed by atoms with van der Waals surface area (Å²) in [6, 6.07) is 17.7. The Morgan fingerprint density at radius 2 is 1.84 bits per heavy atom. The normalized spacial score (nSPS) is 10.7. The van der Waals surface area contributed by atoms with Crippen molar-refractivity contribution in [3.8, 4) is 11.4 Å². The van der Waals surface area contributed by atoms with Crippen molar-refractivity contribution in [2.24, 2.45) is 0 Å². The molecule has 0 atom stereocenters. The second kappa shape index (κ2) is 10.8. The van der Waals surface area contributed by atoms with Crippen LogP contribution in [0.1, 0.15) is 25.2 Å². The molecule has 1 heterocycles. The van der Waals surface area contributed by atoms with Crippen LogP contribution < -0.4 is 4.74 Å². The summed E-state index contributed by atoms with van der Waals surface area (Å²) >= 11 is 1.38. The first-order valence-corrected chi connectivity index (χ1v) is 11.2. The van der Waals surface area contributed by atoms with Gasteiger partial charge in [0.15, 0.2) is 11.0 Å². The number of amides is 1. The third-order valence-electron chi connectivity index (χ3n) is 4.69. The van der Waals surface area contributed by atoms with Crippen LogP contribution in [-0.4, -0.2) is 44.4 Å². The van der Waals surface area contributed by atoms with Gasteiger partial charge in [0.25, 0.3) is 0 Å². The number of ether oxygens (including phenoxy) is 1. The van der Waals surface area contributed by atoms with Gasteiger partial charge in [0.1, 0.15) is 12.4 Å². The van der Waals surface area contributed by atoms with Crippen LogP contribution in [0.2, 0.25) is 0 Å². The molecular weight excluding hydrogens is 408 g/mol. The van der Waals surface area contributed by atoms with Crippen LogP contribution in [0.15, 0.2) is 71.9 Å². The fourth-order valence-electron chi connectivity index (χ4n) is 3.10. The smallest absolute Gasteiger partial charge is 0.233 e. The number of aryl methyl sites for hydroxylation is 1. The first kappa shape index (κ1) is 22.6. The SMILES string of the molecule is C=C(C)CN(CC)C(=O)CSc1nnc(COc2ccccc2C)n1-c1ccccc1. The second-order valence-electron chi connectivity index (χ2n) is 7.28. The molecule has 0 unspecified atom stereocenters. The molecule has 0 N–H and O–H groups in total. The van der Waals surface area contributed by atoms with Gasteiger partial charge in [0, 0.05) is 18.8 Å². The average Bonchev–Trinajstić information content (AvgIpc) is 3.18. The van der Waals surface area contributed by atoms with Gasteiger partial charge in [-0.1, -0.05) is 60.3 Å². The molecule has 0 aliphatic heterocycles. The lowest BCUT2D eigenvalue weighted by atomic mass is 10.2. The van der Waals surface area contributed by atoms with Crippen molar-refractivity contribution in [3.05, 3.63) is 78.1 Å². The zero-order valence-corrected chi connectivity index (χ0v) is 19.1. The first-order valence-electron chi connectivity index (χ1n) is 10.2. The van der Waals surface area contributed by atoms with Gasteiger partial charge in [0.2, 0.25) is 5.91 Å². The van der Waals surface area contributed by atoms with Gasteiger partial charge in [-0.3, -0.25) is 9.36 Å². The summed E-state index contributed by atoms with van der Waals surface area (Å²) < 4.78 is 7.96. The Labute approximate surface area is 187 Å². The van der Waals surface area contributed by atoms with Gasteiger partial charge >= 0.3 is 0 Å². The molecule has 0 aliphatic rings. The van der Waals surface area contributed by atoms with Crippen LogP contribution >= 0.6 is 11.8 Å². The summed E-state index contributed by atoms with van der Waals surface area (Å²) in [6.07, 6.45) is 0. The Kier molecular flexibility index (Phi) is 7.89. The number of benzene rings is 2. The number of rotatable bonds is 10. The van der Waals surface area contributed by atoms with Gasteiger partial charge in [-0.25, -0.2) is 0 Å². The molecule has 7 heteroatoms. The molecule has 162 valence electrons. The quantitative estimate of drug-likeness (QED) is 0.341. The third kappa shape index (κ3) is 5.98. The van der Waals surface area contributed by atoms with Crippen molar-refractivity contribution in [1.82, 2.24) is 19.7 Å². The van der Waals surface area contributed by atoms with E-state index in [0.29, 0.717) is 24.1 Å². The highest BCUT2D eigenvalue weighted by atomic mass is 32.2.